The van der Waals surface area contributed by atoms with Gasteiger partial charge in [-0.2, -0.15) is 0 Å². The van der Waals surface area contributed by atoms with E-state index in [-0.39, 0.29) is 0 Å². The Hall–Kier alpha value is -0.880. The number of rotatable bonds is 1. The largest absolute Gasteiger partial charge is 0.0894 e. The Labute approximate surface area is 64.0 Å². The Balaban J connectivity index is 3.68. The van der Waals surface area contributed by atoms with Crippen molar-refractivity contribution in [2.45, 2.75) is 33.6 Å². The molecule has 1 atom stereocenters. The molecule has 0 aliphatic carbocycles. The summed E-state index contributed by atoms with van der Waals surface area (Å²) >= 11 is 0. The molecule has 0 bridgehead atoms. The van der Waals surface area contributed by atoms with Gasteiger partial charge in [-0.25, -0.2) is 0 Å². The zero-order valence-electron chi connectivity index (χ0n) is 6.99. The van der Waals surface area contributed by atoms with Crippen molar-refractivity contribution in [2.24, 2.45) is 5.92 Å². The van der Waals surface area contributed by atoms with E-state index in [2.05, 4.69) is 37.5 Å². The number of hydrogen-bond acceptors (Lipinski definition) is 0. The molecule has 0 heteroatoms. The molecule has 10 heavy (non-hydrogen) atoms. The molecule has 0 saturated heterocycles. The molecule has 0 radical (unpaired) electrons. The average molecular weight is 134 g/mol. The molecule has 0 rings (SSSR count). The molecule has 54 valence electrons. The van der Waals surface area contributed by atoms with E-state index in [0.29, 0.717) is 5.92 Å². The summed E-state index contributed by atoms with van der Waals surface area (Å²) in [7, 11) is 0. The molecular weight excluding hydrogens is 120 g/mol. The summed E-state index contributed by atoms with van der Waals surface area (Å²) in [5.41, 5.74) is 0. The minimum Gasteiger partial charge on any atom is -0.0894 e. The van der Waals surface area contributed by atoms with Crippen molar-refractivity contribution in [2.75, 3.05) is 0 Å². The van der Waals surface area contributed by atoms with Crippen molar-refractivity contribution in [3.05, 3.63) is 0 Å². The maximum Gasteiger partial charge on any atom is 0.0182 e. The minimum absolute atomic E-state index is 0.492. The van der Waals surface area contributed by atoms with E-state index >= 15 is 0 Å². The van der Waals surface area contributed by atoms with Gasteiger partial charge < -0.3 is 0 Å². The highest BCUT2D eigenvalue weighted by molar-refractivity contribution is 5.26. The van der Waals surface area contributed by atoms with Gasteiger partial charge in [-0.15, -0.1) is 0 Å². The van der Waals surface area contributed by atoms with Crippen molar-refractivity contribution in [1.29, 1.82) is 0 Å². The molecule has 0 aromatic rings. The maximum absolute atomic E-state index is 3.04. The molecule has 0 amide bonds. The Morgan fingerprint density at radius 1 is 1.20 bits per heavy atom. The highest BCUT2D eigenvalue weighted by atomic mass is 13.9. The van der Waals surface area contributed by atoms with Gasteiger partial charge in [0.15, 0.2) is 0 Å². The van der Waals surface area contributed by atoms with Gasteiger partial charge in [0.2, 0.25) is 0 Å². The van der Waals surface area contributed by atoms with Crippen molar-refractivity contribution < 1.29 is 0 Å². The minimum atomic E-state index is 0.492. The summed E-state index contributed by atoms with van der Waals surface area (Å²) in [6, 6.07) is 0. The standard InChI is InChI=1S/C10H14/c1-4-6-7-8-9-10(3)5-2/h10H,4-5H2,1-3H3. The molecule has 0 aromatic carbocycles. The summed E-state index contributed by atoms with van der Waals surface area (Å²) < 4.78 is 0. The highest BCUT2D eigenvalue weighted by Crippen LogP contribution is 1.95. The van der Waals surface area contributed by atoms with Gasteiger partial charge in [0.05, 0.1) is 0 Å². The highest BCUT2D eigenvalue weighted by Gasteiger charge is 1.86. The molecule has 1 unspecified atom stereocenters. The van der Waals surface area contributed by atoms with E-state index in [0.717, 1.165) is 12.8 Å². The lowest BCUT2D eigenvalue weighted by Crippen LogP contribution is -1.83. The van der Waals surface area contributed by atoms with E-state index in [9.17, 15) is 0 Å². The molecule has 0 aromatic heterocycles. The van der Waals surface area contributed by atoms with Gasteiger partial charge in [-0.3, -0.25) is 0 Å². The lowest BCUT2D eigenvalue weighted by molar-refractivity contribution is 0.723. The van der Waals surface area contributed by atoms with Gasteiger partial charge in [0, 0.05) is 12.3 Å². The van der Waals surface area contributed by atoms with E-state index < -0.39 is 0 Å². The van der Waals surface area contributed by atoms with Crippen LogP contribution in [0.3, 0.4) is 0 Å². The molecule has 0 spiro atoms. The fourth-order valence-corrected chi connectivity index (χ4v) is 0.394. The lowest BCUT2D eigenvalue weighted by Gasteiger charge is -1.91. The van der Waals surface area contributed by atoms with Crippen LogP contribution in [0.4, 0.5) is 0 Å². The molecular formula is C10H14. The second-order valence-corrected chi connectivity index (χ2v) is 2.23. The van der Waals surface area contributed by atoms with Gasteiger partial charge in [-0.05, 0) is 18.3 Å². The van der Waals surface area contributed by atoms with Crippen LogP contribution in [0.15, 0.2) is 0 Å². The normalized spacial score (nSPS) is 10.3. The first kappa shape index (κ1) is 9.12. The van der Waals surface area contributed by atoms with Crippen LogP contribution in [-0.4, -0.2) is 0 Å². The van der Waals surface area contributed by atoms with Gasteiger partial charge in [0.25, 0.3) is 0 Å². The Kier molecular flexibility index (Phi) is 5.69. The summed E-state index contributed by atoms with van der Waals surface area (Å²) in [6.45, 7) is 6.27. The van der Waals surface area contributed by atoms with E-state index in [1.807, 2.05) is 6.92 Å². The SMILES string of the molecule is CCC#CC#CC(C)CC. The van der Waals surface area contributed by atoms with Crippen molar-refractivity contribution in [1.82, 2.24) is 0 Å². The van der Waals surface area contributed by atoms with Crippen molar-refractivity contribution >= 4 is 0 Å². The summed E-state index contributed by atoms with van der Waals surface area (Å²) in [4.78, 5) is 0. The van der Waals surface area contributed by atoms with E-state index in [1.54, 1.807) is 0 Å². The van der Waals surface area contributed by atoms with Crippen molar-refractivity contribution in [3.8, 4) is 23.7 Å². The number of hydrogen-bond donors (Lipinski definition) is 0. The van der Waals surface area contributed by atoms with Crippen LogP contribution >= 0.6 is 0 Å². The van der Waals surface area contributed by atoms with Crippen molar-refractivity contribution in [3.63, 3.8) is 0 Å². The van der Waals surface area contributed by atoms with Gasteiger partial charge >= 0.3 is 0 Å². The topological polar surface area (TPSA) is 0 Å². The van der Waals surface area contributed by atoms with Gasteiger partial charge in [0.1, 0.15) is 0 Å². The van der Waals surface area contributed by atoms with Crippen LogP contribution in [0, 0.1) is 29.6 Å². The Bertz CT molecular complexity index is 180. The molecule has 0 aliphatic heterocycles. The molecule has 0 N–H and O–H groups in total. The van der Waals surface area contributed by atoms with Crippen LogP contribution in [0.25, 0.3) is 0 Å². The first-order chi connectivity index (χ1) is 4.81. The Morgan fingerprint density at radius 3 is 2.40 bits per heavy atom. The second-order valence-electron chi connectivity index (χ2n) is 2.23. The third-order valence-corrected chi connectivity index (χ3v) is 1.26. The smallest absolute Gasteiger partial charge is 0.0182 e. The third-order valence-electron chi connectivity index (χ3n) is 1.26. The van der Waals surface area contributed by atoms with Crippen LogP contribution < -0.4 is 0 Å². The second kappa shape index (κ2) is 6.24. The zero-order valence-corrected chi connectivity index (χ0v) is 6.99. The van der Waals surface area contributed by atoms with Crippen LogP contribution in [0.1, 0.15) is 33.6 Å². The zero-order chi connectivity index (χ0) is 7.82. The van der Waals surface area contributed by atoms with Crippen LogP contribution in [0.5, 0.6) is 0 Å². The summed E-state index contributed by atoms with van der Waals surface area (Å²) in [6.07, 6.45) is 2.01. The molecule has 0 aliphatic rings. The molecule has 0 heterocycles. The average Bonchev–Trinajstić information content (AvgIpc) is 1.98. The third kappa shape index (κ3) is 5.26. The summed E-state index contributed by atoms with van der Waals surface area (Å²) in [5.74, 6) is 12.1. The molecule has 0 nitrogen and oxygen atoms in total. The maximum atomic E-state index is 3.04. The Morgan fingerprint density at radius 2 is 1.90 bits per heavy atom. The van der Waals surface area contributed by atoms with Gasteiger partial charge in [-0.1, -0.05) is 32.6 Å². The first-order valence-electron chi connectivity index (χ1n) is 3.79. The van der Waals surface area contributed by atoms with E-state index in [4.69, 9.17) is 0 Å². The molecule has 0 saturated carbocycles. The van der Waals surface area contributed by atoms with Crippen LogP contribution in [-0.2, 0) is 0 Å². The lowest BCUT2D eigenvalue weighted by atomic mass is 10.1. The summed E-state index contributed by atoms with van der Waals surface area (Å²) in [5, 5.41) is 0. The fraction of sp³-hybridized carbons (Fsp3) is 0.600. The van der Waals surface area contributed by atoms with E-state index in [1.165, 1.54) is 0 Å². The predicted octanol–water partition coefficient (Wildman–Crippen LogP) is 2.45. The predicted molar refractivity (Wildman–Crippen MR) is 45.3 cm³/mol. The first-order valence-corrected chi connectivity index (χ1v) is 3.79. The molecule has 0 fully saturated rings. The van der Waals surface area contributed by atoms with Crippen LogP contribution in [0.2, 0.25) is 0 Å². The quantitative estimate of drug-likeness (QED) is 0.483. The monoisotopic (exact) mass is 134 g/mol. The fourth-order valence-electron chi connectivity index (χ4n) is 0.394.